The molecule has 1 aliphatic rings. The molecule has 0 bridgehead atoms. The van der Waals surface area contributed by atoms with E-state index in [4.69, 9.17) is 11.6 Å². The monoisotopic (exact) mass is 430 g/mol. The fourth-order valence-electron chi connectivity index (χ4n) is 4.16. The van der Waals surface area contributed by atoms with E-state index >= 15 is 13.2 Å². The number of hydrogen-bond acceptors (Lipinski definition) is 1. The fraction of sp³-hybridized carbons (Fsp3) is 0.174. The second-order valence-electron chi connectivity index (χ2n) is 7.15. The molecule has 3 aromatic carbocycles. The lowest BCUT2D eigenvalue weighted by Gasteiger charge is -2.51. The lowest BCUT2D eigenvalue weighted by molar-refractivity contribution is -0.218. The van der Waals surface area contributed by atoms with Crippen LogP contribution in [0.25, 0.3) is 0 Å². The SMILES string of the molecule is C[C@H](c1ccccc1)N1C(=O)Nc2ccc(Cl)cc2[C@@]1(c1ccccc1)C(F)(F)F. The van der Waals surface area contributed by atoms with Gasteiger partial charge in [0.05, 0.1) is 6.04 Å². The quantitative estimate of drug-likeness (QED) is 0.489. The molecule has 30 heavy (non-hydrogen) atoms. The summed E-state index contributed by atoms with van der Waals surface area (Å²) in [5, 5.41) is 2.77. The van der Waals surface area contributed by atoms with Crippen LogP contribution in [0, 0.1) is 0 Å². The smallest absolute Gasteiger partial charge is 0.307 e. The summed E-state index contributed by atoms with van der Waals surface area (Å²) < 4.78 is 45.4. The zero-order valence-corrected chi connectivity index (χ0v) is 16.7. The lowest BCUT2D eigenvalue weighted by atomic mass is 9.77. The van der Waals surface area contributed by atoms with Gasteiger partial charge in [-0.15, -0.1) is 0 Å². The second-order valence-corrected chi connectivity index (χ2v) is 7.59. The second kappa shape index (κ2) is 7.36. The van der Waals surface area contributed by atoms with Gasteiger partial charge in [0.25, 0.3) is 0 Å². The zero-order chi connectivity index (χ0) is 21.5. The van der Waals surface area contributed by atoms with Crippen molar-refractivity contribution >= 4 is 23.3 Å². The molecule has 2 amide bonds. The number of nitrogens with one attached hydrogen (secondary N) is 1. The maximum atomic E-state index is 15.1. The molecule has 1 N–H and O–H groups in total. The molecule has 154 valence electrons. The van der Waals surface area contributed by atoms with E-state index in [0.717, 1.165) is 4.90 Å². The molecule has 4 rings (SSSR count). The summed E-state index contributed by atoms with van der Waals surface area (Å²) in [6.45, 7) is 1.59. The first-order valence-electron chi connectivity index (χ1n) is 9.34. The molecule has 2 atom stereocenters. The summed E-state index contributed by atoms with van der Waals surface area (Å²) in [4.78, 5) is 14.0. The normalized spacial score (nSPS) is 19.8. The van der Waals surface area contributed by atoms with Crippen molar-refractivity contribution in [3.8, 4) is 0 Å². The van der Waals surface area contributed by atoms with Gasteiger partial charge in [0.1, 0.15) is 0 Å². The molecule has 7 heteroatoms. The summed E-state index contributed by atoms with van der Waals surface area (Å²) in [6, 6.07) is 18.6. The number of urea groups is 1. The first kappa shape index (κ1) is 20.3. The average Bonchev–Trinajstić information content (AvgIpc) is 2.73. The molecule has 0 fully saturated rings. The van der Waals surface area contributed by atoms with Gasteiger partial charge in [-0.25, -0.2) is 4.79 Å². The number of hydrogen-bond donors (Lipinski definition) is 1. The van der Waals surface area contributed by atoms with Crippen LogP contribution < -0.4 is 5.32 Å². The Hall–Kier alpha value is -2.99. The van der Waals surface area contributed by atoms with Crippen molar-refractivity contribution in [1.82, 2.24) is 4.90 Å². The Kier molecular flexibility index (Phi) is 4.98. The Morgan fingerprint density at radius 1 is 0.967 bits per heavy atom. The van der Waals surface area contributed by atoms with Crippen LogP contribution >= 0.6 is 11.6 Å². The van der Waals surface area contributed by atoms with E-state index in [0.29, 0.717) is 5.56 Å². The van der Waals surface area contributed by atoms with Crippen molar-refractivity contribution in [2.45, 2.75) is 24.7 Å². The van der Waals surface area contributed by atoms with E-state index in [1.807, 2.05) is 0 Å². The van der Waals surface area contributed by atoms with Crippen molar-refractivity contribution in [3.05, 3.63) is 101 Å². The van der Waals surface area contributed by atoms with Crippen LogP contribution in [0.4, 0.5) is 23.7 Å². The van der Waals surface area contributed by atoms with Gasteiger partial charge in [0.15, 0.2) is 5.54 Å². The number of halogens is 4. The molecule has 0 saturated heterocycles. The predicted octanol–water partition coefficient (Wildman–Crippen LogP) is 6.75. The summed E-state index contributed by atoms with van der Waals surface area (Å²) >= 11 is 6.12. The van der Waals surface area contributed by atoms with Crippen molar-refractivity contribution in [1.29, 1.82) is 0 Å². The van der Waals surface area contributed by atoms with E-state index < -0.39 is 23.8 Å². The van der Waals surface area contributed by atoms with Crippen molar-refractivity contribution in [2.24, 2.45) is 0 Å². The summed E-state index contributed by atoms with van der Waals surface area (Å²) in [5.74, 6) is 0. The molecule has 0 unspecified atom stereocenters. The molecular formula is C23H18ClF3N2O. The van der Waals surface area contributed by atoms with Crippen LogP contribution in [-0.2, 0) is 5.54 Å². The van der Waals surface area contributed by atoms with Crippen LogP contribution in [0.3, 0.4) is 0 Å². The topological polar surface area (TPSA) is 32.3 Å². The number of fused-ring (bicyclic) bond motifs is 1. The van der Waals surface area contributed by atoms with E-state index in [9.17, 15) is 4.79 Å². The highest BCUT2D eigenvalue weighted by atomic mass is 35.5. The van der Waals surface area contributed by atoms with Crippen molar-refractivity contribution in [2.75, 3.05) is 5.32 Å². The third-order valence-electron chi connectivity index (χ3n) is 5.46. The van der Waals surface area contributed by atoms with Gasteiger partial charge in [-0.3, -0.25) is 4.90 Å². The van der Waals surface area contributed by atoms with E-state index in [1.165, 1.54) is 42.5 Å². The first-order valence-corrected chi connectivity index (χ1v) is 9.72. The molecule has 3 aromatic rings. The number of anilines is 1. The molecule has 1 aliphatic heterocycles. The molecule has 1 heterocycles. The van der Waals surface area contributed by atoms with E-state index in [2.05, 4.69) is 5.32 Å². The molecule has 0 spiro atoms. The Morgan fingerprint density at radius 2 is 1.57 bits per heavy atom. The highest BCUT2D eigenvalue weighted by molar-refractivity contribution is 6.30. The third-order valence-corrected chi connectivity index (χ3v) is 5.70. The Morgan fingerprint density at radius 3 is 2.17 bits per heavy atom. The molecule has 0 aromatic heterocycles. The molecule has 0 saturated carbocycles. The predicted molar refractivity (Wildman–Crippen MR) is 110 cm³/mol. The molecule has 0 aliphatic carbocycles. The minimum atomic E-state index is -4.82. The van der Waals surface area contributed by atoms with Crippen molar-refractivity contribution in [3.63, 3.8) is 0 Å². The van der Waals surface area contributed by atoms with Crippen molar-refractivity contribution < 1.29 is 18.0 Å². The van der Waals surface area contributed by atoms with Gasteiger partial charge in [-0.1, -0.05) is 72.3 Å². The highest BCUT2D eigenvalue weighted by Gasteiger charge is 2.66. The summed E-state index contributed by atoms with van der Waals surface area (Å²) in [5.41, 5.74) is -2.22. The number of rotatable bonds is 3. The van der Waals surface area contributed by atoms with Gasteiger partial charge < -0.3 is 5.32 Å². The van der Waals surface area contributed by atoms with Crippen LogP contribution in [-0.4, -0.2) is 17.1 Å². The zero-order valence-electron chi connectivity index (χ0n) is 16.0. The van der Waals surface area contributed by atoms with Crippen LogP contribution in [0.2, 0.25) is 5.02 Å². The third kappa shape index (κ3) is 3.03. The minimum absolute atomic E-state index is 0.0568. The van der Waals surface area contributed by atoms with Crippen LogP contribution in [0.5, 0.6) is 0 Å². The maximum Gasteiger partial charge on any atom is 0.420 e. The van der Waals surface area contributed by atoms with Gasteiger partial charge >= 0.3 is 12.2 Å². The number of alkyl halides is 3. The fourth-order valence-corrected chi connectivity index (χ4v) is 4.33. The number of carbonyl (C=O) groups excluding carboxylic acids is 1. The van der Waals surface area contributed by atoms with Crippen LogP contribution in [0.1, 0.15) is 29.7 Å². The molecule has 3 nitrogen and oxygen atoms in total. The molecule has 0 radical (unpaired) electrons. The standard InChI is InChI=1S/C23H18ClF3N2O/c1-15(16-8-4-2-5-9-16)29-21(30)28-20-13-12-18(24)14-19(20)22(29,23(25,26)27)17-10-6-3-7-11-17/h2-15H,1H3,(H,28,30)/t15-,22+/m1/s1. The number of carbonyl (C=O) groups is 1. The summed E-state index contributed by atoms with van der Waals surface area (Å²) in [6.07, 6.45) is -4.82. The first-order chi connectivity index (χ1) is 14.3. The van der Waals surface area contributed by atoms with E-state index in [1.54, 1.807) is 43.3 Å². The number of benzene rings is 3. The molecular weight excluding hydrogens is 413 g/mol. The summed E-state index contributed by atoms with van der Waals surface area (Å²) in [7, 11) is 0. The van der Waals surface area contributed by atoms with Gasteiger partial charge in [0.2, 0.25) is 0 Å². The minimum Gasteiger partial charge on any atom is -0.307 e. The lowest BCUT2D eigenvalue weighted by Crippen LogP contribution is -2.63. The van der Waals surface area contributed by atoms with Crippen LogP contribution in [0.15, 0.2) is 78.9 Å². The Balaban J connectivity index is 2.09. The highest BCUT2D eigenvalue weighted by Crippen LogP contribution is 2.55. The van der Waals surface area contributed by atoms with Gasteiger partial charge in [0, 0.05) is 16.3 Å². The average molecular weight is 431 g/mol. The number of amides is 2. The number of nitrogens with zero attached hydrogens (tertiary/aromatic N) is 1. The van der Waals surface area contributed by atoms with Gasteiger partial charge in [-0.2, -0.15) is 13.2 Å². The van der Waals surface area contributed by atoms with Gasteiger partial charge in [-0.05, 0) is 36.2 Å². The Bertz CT molecular complexity index is 1070. The maximum absolute atomic E-state index is 15.1. The largest absolute Gasteiger partial charge is 0.420 e. The van der Waals surface area contributed by atoms with E-state index in [-0.39, 0.29) is 21.8 Å². The Labute approximate surface area is 177 Å².